The van der Waals surface area contributed by atoms with Crippen molar-refractivity contribution in [3.63, 3.8) is 0 Å². The first-order valence-corrected chi connectivity index (χ1v) is 12.0. The second-order valence-corrected chi connectivity index (χ2v) is 8.99. The molecule has 1 aliphatic heterocycles. The average molecular weight is 442 g/mol. The molecule has 1 N–H and O–H groups in total. The van der Waals surface area contributed by atoms with E-state index < -0.39 is 0 Å². The van der Waals surface area contributed by atoms with E-state index in [-0.39, 0.29) is 6.03 Å². The Kier molecular flexibility index (Phi) is 5.82. The zero-order chi connectivity index (χ0) is 22.9. The summed E-state index contributed by atoms with van der Waals surface area (Å²) in [4.78, 5) is 21.6. The molecule has 3 heterocycles. The Morgan fingerprint density at radius 1 is 1.21 bits per heavy atom. The molecule has 1 aliphatic carbocycles. The second-order valence-electron chi connectivity index (χ2n) is 8.99. The first-order valence-electron chi connectivity index (χ1n) is 12.0. The Labute approximate surface area is 195 Å². The molecular formula is C27H31N5O. The first kappa shape index (κ1) is 21.5. The van der Waals surface area contributed by atoms with E-state index in [1.165, 1.54) is 29.4 Å². The number of urea groups is 1. The Morgan fingerprint density at radius 2 is 2.06 bits per heavy atom. The van der Waals surface area contributed by atoms with Gasteiger partial charge in [0.2, 0.25) is 0 Å². The molecule has 3 aromatic rings. The van der Waals surface area contributed by atoms with E-state index >= 15 is 0 Å². The van der Waals surface area contributed by atoms with E-state index in [0.29, 0.717) is 25.0 Å². The number of likely N-dealkylation sites (N-methyl/N-ethyl adjacent to an activating group) is 1. The molecule has 1 saturated heterocycles. The van der Waals surface area contributed by atoms with E-state index in [0.717, 1.165) is 29.7 Å². The lowest BCUT2D eigenvalue weighted by molar-refractivity contribution is 0.157. The number of likely N-dealkylation sites (tertiary alicyclic amines) is 1. The van der Waals surface area contributed by atoms with Crippen molar-refractivity contribution < 1.29 is 4.79 Å². The van der Waals surface area contributed by atoms with E-state index in [9.17, 15) is 4.79 Å². The van der Waals surface area contributed by atoms with Crippen LogP contribution in [-0.4, -0.2) is 58.2 Å². The van der Waals surface area contributed by atoms with Crippen LogP contribution in [-0.2, 0) is 6.42 Å². The average Bonchev–Trinajstić information content (AvgIpc) is 3.13. The summed E-state index contributed by atoms with van der Waals surface area (Å²) in [6, 6.07) is 10.7. The summed E-state index contributed by atoms with van der Waals surface area (Å²) >= 11 is 0. The van der Waals surface area contributed by atoms with Gasteiger partial charge in [-0.25, -0.2) is 14.9 Å². The molecule has 6 heteroatoms. The predicted molar refractivity (Wildman–Crippen MR) is 132 cm³/mol. The van der Waals surface area contributed by atoms with Gasteiger partial charge in [-0.2, -0.15) is 0 Å². The number of benzene rings is 1. The van der Waals surface area contributed by atoms with Crippen molar-refractivity contribution in [3.8, 4) is 11.8 Å². The van der Waals surface area contributed by atoms with Crippen LogP contribution in [0.4, 0.5) is 4.79 Å². The lowest BCUT2D eigenvalue weighted by atomic mass is 9.75. The lowest BCUT2D eigenvalue weighted by Crippen LogP contribution is -2.44. The molecule has 5 rings (SSSR count). The summed E-state index contributed by atoms with van der Waals surface area (Å²) in [5, 5.41) is 1.27. The van der Waals surface area contributed by atoms with Gasteiger partial charge >= 0.3 is 6.03 Å². The summed E-state index contributed by atoms with van der Waals surface area (Å²) in [6.45, 7) is 6.44. The Bertz CT molecular complexity index is 1230. The first-order chi connectivity index (χ1) is 16.1. The number of carbonyl (C=O) groups excluding carboxylic acids is 1. The maximum Gasteiger partial charge on any atom is 0.336 e. The number of piperidine rings is 1. The molecule has 2 aromatic heterocycles. The molecule has 33 heavy (non-hydrogen) atoms. The Hall–Kier alpha value is -3.30. The maximum absolute atomic E-state index is 13.1. The van der Waals surface area contributed by atoms with Crippen LogP contribution in [0.15, 0.2) is 42.7 Å². The van der Waals surface area contributed by atoms with Crippen molar-refractivity contribution in [1.29, 1.82) is 0 Å². The smallest absolute Gasteiger partial charge is 0.324 e. The zero-order valence-electron chi connectivity index (χ0n) is 19.6. The molecule has 2 aliphatic rings. The van der Waals surface area contributed by atoms with Crippen LogP contribution >= 0.6 is 0 Å². The zero-order valence-corrected chi connectivity index (χ0v) is 19.6. The monoisotopic (exact) mass is 441 g/mol. The van der Waals surface area contributed by atoms with Crippen LogP contribution in [0.5, 0.6) is 0 Å². The highest BCUT2D eigenvalue weighted by molar-refractivity contribution is 5.94. The number of amides is 2. The largest absolute Gasteiger partial charge is 0.336 e. The van der Waals surface area contributed by atoms with E-state index in [4.69, 9.17) is 0 Å². The third-order valence-corrected chi connectivity index (χ3v) is 7.24. The Morgan fingerprint density at radius 3 is 2.82 bits per heavy atom. The summed E-state index contributed by atoms with van der Waals surface area (Å²) < 4.78 is 1.93. The van der Waals surface area contributed by atoms with Crippen LogP contribution in [0.2, 0.25) is 0 Å². The molecule has 1 aromatic carbocycles. The maximum atomic E-state index is 13.1. The van der Waals surface area contributed by atoms with Gasteiger partial charge in [0.05, 0.1) is 5.52 Å². The molecular weight excluding hydrogens is 410 g/mol. The molecule has 2 amide bonds. The van der Waals surface area contributed by atoms with Gasteiger partial charge in [0.15, 0.2) is 0 Å². The SMILES string of the molecule is CCN(CC)C(=O)Nn1c(C#Cc2cccnc2)c2c3c(cccc31)[C@H]1CCCN(C)[C@@H]1C2. The number of hydrogen-bond acceptors (Lipinski definition) is 3. The van der Waals surface area contributed by atoms with Gasteiger partial charge in [-0.15, -0.1) is 0 Å². The number of hydrogen-bond donors (Lipinski definition) is 1. The van der Waals surface area contributed by atoms with Crippen molar-refractivity contribution in [2.24, 2.45) is 0 Å². The van der Waals surface area contributed by atoms with Crippen molar-refractivity contribution in [2.75, 3.05) is 32.1 Å². The molecule has 1 fully saturated rings. The standard InChI is InChI=1S/C27H31N5O/c1-4-31(5-2)27(33)29-32-23(14-13-19-9-7-15-28-18-19)22-17-25-20(11-8-16-30(25)3)21-10-6-12-24(32)26(21)22/h6-7,9-10,12,15,18,20,25H,4-5,8,11,16-17H2,1-3H3,(H,29,33)/t20-,25-/m1/s1. The number of rotatable bonds is 3. The second kappa shape index (κ2) is 8.92. The van der Waals surface area contributed by atoms with Crippen molar-refractivity contribution >= 4 is 16.9 Å². The summed E-state index contributed by atoms with van der Waals surface area (Å²) in [5.74, 6) is 7.22. The topological polar surface area (TPSA) is 53.4 Å². The fourth-order valence-electron chi connectivity index (χ4n) is 5.54. The van der Waals surface area contributed by atoms with Crippen LogP contribution in [0.3, 0.4) is 0 Å². The number of aromatic nitrogens is 2. The number of fused-ring (bicyclic) bond motifs is 2. The van der Waals surface area contributed by atoms with Crippen LogP contribution in [0.1, 0.15) is 55.0 Å². The summed E-state index contributed by atoms with van der Waals surface area (Å²) in [5.41, 5.74) is 8.57. The van der Waals surface area contributed by atoms with Crippen molar-refractivity contribution in [1.82, 2.24) is 19.5 Å². The summed E-state index contributed by atoms with van der Waals surface area (Å²) in [7, 11) is 2.24. The molecule has 6 nitrogen and oxygen atoms in total. The number of carbonyl (C=O) groups is 1. The number of nitrogens with one attached hydrogen (secondary N) is 1. The molecule has 0 radical (unpaired) electrons. The molecule has 0 unspecified atom stereocenters. The minimum absolute atomic E-state index is 0.105. The van der Waals surface area contributed by atoms with Crippen LogP contribution in [0.25, 0.3) is 10.9 Å². The van der Waals surface area contributed by atoms with E-state index in [2.05, 4.69) is 52.4 Å². The minimum atomic E-state index is -0.105. The fraction of sp³-hybridized carbons (Fsp3) is 0.407. The third kappa shape index (κ3) is 3.77. The van der Waals surface area contributed by atoms with Crippen LogP contribution < -0.4 is 5.43 Å². The van der Waals surface area contributed by atoms with Gasteiger partial charge in [0.1, 0.15) is 5.69 Å². The van der Waals surface area contributed by atoms with Gasteiger partial charge in [0, 0.05) is 48.4 Å². The molecule has 0 bridgehead atoms. The van der Waals surface area contributed by atoms with Gasteiger partial charge in [-0.3, -0.25) is 4.98 Å². The highest BCUT2D eigenvalue weighted by Gasteiger charge is 2.38. The van der Waals surface area contributed by atoms with Gasteiger partial charge < -0.3 is 9.80 Å². The van der Waals surface area contributed by atoms with E-state index in [1.807, 2.05) is 30.7 Å². The molecule has 2 atom stereocenters. The van der Waals surface area contributed by atoms with E-state index in [1.54, 1.807) is 17.3 Å². The van der Waals surface area contributed by atoms with Crippen molar-refractivity contribution in [2.45, 2.75) is 45.1 Å². The third-order valence-electron chi connectivity index (χ3n) is 7.24. The lowest BCUT2D eigenvalue weighted by Gasteiger charge is -2.42. The predicted octanol–water partition coefficient (Wildman–Crippen LogP) is 4.18. The van der Waals surface area contributed by atoms with Crippen LogP contribution in [0, 0.1) is 11.8 Å². The van der Waals surface area contributed by atoms with Gasteiger partial charge in [-0.05, 0) is 81.9 Å². The normalized spacial score (nSPS) is 19.5. The summed E-state index contributed by atoms with van der Waals surface area (Å²) in [6.07, 6.45) is 6.90. The Balaban J connectivity index is 1.69. The highest BCUT2D eigenvalue weighted by atomic mass is 16.2. The fourth-order valence-corrected chi connectivity index (χ4v) is 5.54. The minimum Gasteiger partial charge on any atom is -0.324 e. The van der Waals surface area contributed by atoms with Gasteiger partial charge in [0.25, 0.3) is 0 Å². The molecule has 0 spiro atoms. The molecule has 0 saturated carbocycles. The van der Waals surface area contributed by atoms with Gasteiger partial charge in [-0.1, -0.05) is 18.1 Å². The number of pyridine rings is 1. The van der Waals surface area contributed by atoms with Crippen molar-refractivity contribution in [3.05, 3.63) is 65.1 Å². The quantitative estimate of drug-likeness (QED) is 0.621. The molecule has 170 valence electrons. The highest BCUT2D eigenvalue weighted by Crippen LogP contribution is 2.44. The number of nitrogens with zero attached hydrogens (tertiary/aromatic N) is 4.